The second-order valence-electron chi connectivity index (χ2n) is 8.98. The van der Waals surface area contributed by atoms with E-state index in [0.29, 0.717) is 35.5 Å². The highest BCUT2D eigenvalue weighted by Gasteiger charge is 2.21. The molecule has 7 nitrogen and oxygen atoms in total. The number of carbonyl (C=O) groups excluding carboxylic acids is 2. The summed E-state index contributed by atoms with van der Waals surface area (Å²) in [6.07, 6.45) is 5.23. The van der Waals surface area contributed by atoms with Crippen LogP contribution in [0.5, 0.6) is 11.5 Å². The predicted molar refractivity (Wildman–Crippen MR) is 141 cm³/mol. The fourth-order valence-electron chi connectivity index (χ4n) is 3.73. The van der Waals surface area contributed by atoms with Crippen LogP contribution in [0.4, 0.5) is 0 Å². The monoisotopic (exact) mass is 504 g/mol. The Kier molecular flexibility index (Phi) is 13.4. The van der Waals surface area contributed by atoms with Crippen LogP contribution in [0, 0.1) is 5.92 Å². The van der Waals surface area contributed by atoms with Gasteiger partial charge in [-0.1, -0.05) is 45.7 Å². The molecule has 2 aromatic rings. The summed E-state index contributed by atoms with van der Waals surface area (Å²) in [5.41, 5.74) is 0. The molecule has 0 aliphatic rings. The Hall–Kier alpha value is -2.45. The van der Waals surface area contributed by atoms with Crippen molar-refractivity contribution in [3.8, 4) is 11.5 Å². The maximum Gasteiger partial charge on any atom is 0.258 e. The van der Waals surface area contributed by atoms with Crippen LogP contribution in [0.2, 0.25) is 0 Å². The third-order valence-electron chi connectivity index (χ3n) is 5.46. The summed E-state index contributed by atoms with van der Waals surface area (Å²) in [7, 11) is 1.57. The standard InChI is InChI=1S/C27H40N2O5S/c1-5-6-11-23(24(30)19-35-18-22-10-9-14-33-22)28-16-21(15-20(2)3)29-27(31)17-34-26-13-8-7-12-25(26)32-4/h7-10,12-14,20-21,23,28H,5-6,11,15-19H2,1-4H3,(H,29,31). The van der Waals surface area contributed by atoms with Crippen LogP contribution in [-0.4, -0.2) is 49.8 Å². The minimum absolute atomic E-state index is 0.100. The van der Waals surface area contributed by atoms with E-state index in [1.54, 1.807) is 37.3 Å². The highest BCUT2D eigenvalue weighted by atomic mass is 32.2. The molecule has 194 valence electrons. The number of para-hydroxylation sites is 2. The van der Waals surface area contributed by atoms with Gasteiger partial charge >= 0.3 is 0 Å². The molecule has 8 heteroatoms. The number of carbonyl (C=O) groups is 2. The molecule has 0 fully saturated rings. The van der Waals surface area contributed by atoms with Crippen LogP contribution >= 0.6 is 11.8 Å². The van der Waals surface area contributed by atoms with Gasteiger partial charge in [-0.25, -0.2) is 0 Å². The summed E-state index contributed by atoms with van der Waals surface area (Å²) in [4.78, 5) is 25.5. The molecule has 0 radical (unpaired) electrons. The molecule has 0 aliphatic heterocycles. The zero-order chi connectivity index (χ0) is 25.5. The zero-order valence-electron chi connectivity index (χ0n) is 21.4. The third kappa shape index (κ3) is 11.2. The largest absolute Gasteiger partial charge is 0.493 e. The first kappa shape index (κ1) is 28.8. The van der Waals surface area contributed by atoms with Gasteiger partial charge in [0, 0.05) is 12.6 Å². The van der Waals surface area contributed by atoms with Crippen LogP contribution < -0.4 is 20.1 Å². The number of amides is 1. The van der Waals surface area contributed by atoms with Gasteiger partial charge in [0.15, 0.2) is 23.9 Å². The fraction of sp³-hybridized carbons (Fsp3) is 0.556. The first-order valence-corrected chi connectivity index (χ1v) is 13.5. The molecule has 1 aromatic carbocycles. The van der Waals surface area contributed by atoms with E-state index in [0.717, 1.165) is 31.4 Å². The Labute approximate surface area is 213 Å². The molecule has 2 rings (SSSR count). The topological polar surface area (TPSA) is 89.8 Å². The smallest absolute Gasteiger partial charge is 0.258 e. The van der Waals surface area contributed by atoms with Gasteiger partial charge in [0.2, 0.25) is 0 Å². The van der Waals surface area contributed by atoms with E-state index >= 15 is 0 Å². The molecule has 1 amide bonds. The molecular weight excluding hydrogens is 464 g/mol. The van der Waals surface area contributed by atoms with Crippen molar-refractivity contribution in [3.05, 3.63) is 48.4 Å². The predicted octanol–water partition coefficient (Wildman–Crippen LogP) is 4.85. The maximum absolute atomic E-state index is 12.9. The lowest BCUT2D eigenvalue weighted by molar-refractivity contribution is -0.123. The summed E-state index contributed by atoms with van der Waals surface area (Å²) >= 11 is 1.56. The fourth-order valence-corrected chi connectivity index (χ4v) is 4.60. The molecule has 2 N–H and O–H groups in total. The van der Waals surface area contributed by atoms with E-state index in [9.17, 15) is 9.59 Å². The number of methoxy groups -OCH3 is 1. The van der Waals surface area contributed by atoms with E-state index in [4.69, 9.17) is 13.9 Å². The van der Waals surface area contributed by atoms with E-state index in [2.05, 4.69) is 31.4 Å². The third-order valence-corrected chi connectivity index (χ3v) is 6.44. The summed E-state index contributed by atoms with van der Waals surface area (Å²) in [5.74, 6) is 3.47. The lowest BCUT2D eigenvalue weighted by atomic mass is 10.0. The number of benzene rings is 1. The number of hydrogen-bond donors (Lipinski definition) is 2. The Bertz CT molecular complexity index is 872. The Balaban J connectivity index is 1.88. The first-order valence-electron chi connectivity index (χ1n) is 12.3. The van der Waals surface area contributed by atoms with Crippen molar-refractivity contribution < 1.29 is 23.5 Å². The molecule has 0 saturated heterocycles. The van der Waals surface area contributed by atoms with E-state index < -0.39 is 0 Å². The van der Waals surface area contributed by atoms with Crippen LogP contribution in [0.15, 0.2) is 47.1 Å². The number of rotatable bonds is 18. The quantitative estimate of drug-likeness (QED) is 0.300. The molecule has 0 bridgehead atoms. The van der Waals surface area contributed by atoms with Gasteiger partial charge in [-0.15, -0.1) is 11.8 Å². The van der Waals surface area contributed by atoms with Gasteiger partial charge in [-0.2, -0.15) is 0 Å². The summed E-state index contributed by atoms with van der Waals surface area (Å²) in [6, 6.07) is 10.7. The normalized spacial score (nSPS) is 12.8. The average molecular weight is 505 g/mol. The van der Waals surface area contributed by atoms with E-state index in [1.165, 1.54) is 0 Å². The van der Waals surface area contributed by atoms with Crippen molar-refractivity contribution in [3.63, 3.8) is 0 Å². The lowest BCUT2D eigenvalue weighted by Gasteiger charge is -2.25. The van der Waals surface area contributed by atoms with Gasteiger partial charge in [-0.05, 0) is 43.0 Å². The molecule has 0 saturated carbocycles. The second kappa shape index (κ2) is 16.3. The number of nitrogens with one attached hydrogen (secondary N) is 2. The number of ether oxygens (including phenoxy) is 2. The number of thioether (sulfide) groups is 1. The van der Waals surface area contributed by atoms with Crippen LogP contribution in [-0.2, 0) is 15.3 Å². The van der Waals surface area contributed by atoms with Gasteiger partial charge in [0.25, 0.3) is 5.91 Å². The molecule has 0 aliphatic carbocycles. The van der Waals surface area contributed by atoms with Crippen molar-refractivity contribution in [1.29, 1.82) is 0 Å². The number of hydrogen-bond acceptors (Lipinski definition) is 7. The molecule has 0 spiro atoms. The van der Waals surface area contributed by atoms with Crippen LogP contribution in [0.1, 0.15) is 52.2 Å². The Morgan fingerprint density at radius 3 is 2.54 bits per heavy atom. The van der Waals surface area contributed by atoms with Crippen LogP contribution in [0.25, 0.3) is 0 Å². The molecule has 1 heterocycles. The summed E-state index contributed by atoms with van der Waals surface area (Å²) in [6.45, 7) is 6.79. The van der Waals surface area contributed by atoms with Crippen molar-refractivity contribution >= 4 is 23.5 Å². The minimum Gasteiger partial charge on any atom is -0.493 e. The molecule has 2 unspecified atom stereocenters. The Morgan fingerprint density at radius 2 is 1.89 bits per heavy atom. The Morgan fingerprint density at radius 1 is 1.11 bits per heavy atom. The SMILES string of the molecule is CCCCC(NCC(CC(C)C)NC(=O)COc1ccccc1OC)C(=O)CSCc1ccco1. The molecule has 35 heavy (non-hydrogen) atoms. The number of ketones is 1. The minimum atomic E-state index is -0.226. The van der Waals surface area contributed by atoms with Gasteiger partial charge in [0.05, 0.1) is 30.9 Å². The first-order chi connectivity index (χ1) is 16.9. The van der Waals surface area contributed by atoms with E-state index in [1.807, 2.05) is 24.3 Å². The average Bonchev–Trinajstić information content (AvgIpc) is 3.36. The number of furan rings is 1. The highest BCUT2D eigenvalue weighted by Crippen LogP contribution is 2.25. The van der Waals surface area contributed by atoms with Gasteiger partial charge in [-0.3, -0.25) is 9.59 Å². The summed E-state index contributed by atoms with van der Waals surface area (Å²) < 4.78 is 16.3. The van der Waals surface area contributed by atoms with Gasteiger partial charge in [0.1, 0.15) is 5.76 Å². The van der Waals surface area contributed by atoms with Crippen molar-refractivity contribution in [1.82, 2.24) is 10.6 Å². The maximum atomic E-state index is 12.9. The van der Waals surface area contributed by atoms with Crippen molar-refractivity contribution in [2.24, 2.45) is 5.92 Å². The summed E-state index contributed by atoms with van der Waals surface area (Å²) in [5, 5.41) is 6.51. The molecule has 1 aromatic heterocycles. The van der Waals surface area contributed by atoms with Crippen molar-refractivity contribution in [2.75, 3.05) is 26.0 Å². The highest BCUT2D eigenvalue weighted by molar-refractivity contribution is 7.99. The molecular formula is C27H40N2O5S. The number of Topliss-reactive ketones (excluding diaryl/α,β-unsaturated/α-hetero) is 1. The van der Waals surface area contributed by atoms with Crippen LogP contribution in [0.3, 0.4) is 0 Å². The molecule has 2 atom stereocenters. The van der Waals surface area contributed by atoms with Crippen molar-refractivity contribution in [2.45, 2.75) is 64.3 Å². The van der Waals surface area contributed by atoms with E-state index in [-0.39, 0.29) is 30.4 Å². The number of unbranched alkanes of at least 4 members (excludes halogenated alkanes) is 1. The lowest BCUT2D eigenvalue weighted by Crippen LogP contribution is -2.49. The zero-order valence-corrected chi connectivity index (χ0v) is 22.2. The van der Waals surface area contributed by atoms with Gasteiger partial charge < -0.3 is 24.5 Å². The second-order valence-corrected chi connectivity index (χ2v) is 9.96.